The maximum Gasteiger partial charge on any atom is 0.239 e. The summed E-state index contributed by atoms with van der Waals surface area (Å²) >= 11 is 0. The highest BCUT2D eigenvalue weighted by molar-refractivity contribution is 5.81. The van der Waals surface area contributed by atoms with Crippen molar-refractivity contribution in [2.24, 2.45) is 10.8 Å². The highest BCUT2D eigenvalue weighted by atomic mass is 15.3. The average Bonchev–Trinajstić information content (AvgIpc) is 2.76. The first-order valence-corrected chi connectivity index (χ1v) is 8.89. The number of benzene rings is 1. The first-order valence-electron chi connectivity index (χ1n) is 8.89. The van der Waals surface area contributed by atoms with Crippen LogP contribution in [0.5, 0.6) is 0 Å². The van der Waals surface area contributed by atoms with Gasteiger partial charge in [0.2, 0.25) is 6.34 Å². The molecule has 0 amide bonds. The Morgan fingerprint density at radius 3 is 2.00 bits per heavy atom. The van der Waals surface area contributed by atoms with Crippen LogP contribution in [-0.2, 0) is 0 Å². The molecule has 1 heterocycles. The van der Waals surface area contributed by atoms with E-state index in [0.717, 1.165) is 0 Å². The topological polar surface area (TPSA) is 6.25 Å². The van der Waals surface area contributed by atoms with Crippen LogP contribution in [0.1, 0.15) is 66.9 Å². The molecule has 2 heteroatoms. The zero-order chi connectivity index (χ0) is 17.6. The fraction of sp³-hybridized carbons (Fsp3) is 0.667. The molecular weight excluding hydrogens is 280 g/mol. The Hall–Kier alpha value is -1.31. The molecule has 2 rings (SSSR count). The van der Waals surface area contributed by atoms with Crippen molar-refractivity contribution in [2.75, 3.05) is 11.9 Å². The molecule has 1 aliphatic rings. The van der Waals surface area contributed by atoms with Crippen molar-refractivity contribution in [1.82, 2.24) is 0 Å². The van der Waals surface area contributed by atoms with Gasteiger partial charge in [-0.1, -0.05) is 73.6 Å². The molecule has 128 valence electrons. The second-order valence-corrected chi connectivity index (χ2v) is 9.52. The first-order chi connectivity index (χ1) is 10.4. The zero-order valence-electron chi connectivity index (χ0n) is 16.5. The Labute approximate surface area is 143 Å². The fourth-order valence-corrected chi connectivity index (χ4v) is 4.11. The predicted octanol–water partition coefficient (Wildman–Crippen LogP) is 5.13. The van der Waals surface area contributed by atoms with E-state index >= 15 is 0 Å². The predicted molar refractivity (Wildman–Crippen MR) is 102 cm³/mol. The molecule has 1 aliphatic heterocycles. The molecule has 1 aromatic rings. The van der Waals surface area contributed by atoms with Gasteiger partial charge in [0.25, 0.3) is 0 Å². The van der Waals surface area contributed by atoms with Crippen molar-refractivity contribution in [3.05, 3.63) is 29.8 Å². The van der Waals surface area contributed by atoms with Crippen molar-refractivity contribution >= 4 is 12.0 Å². The summed E-state index contributed by atoms with van der Waals surface area (Å²) in [4.78, 5) is 2.53. The number of hydrogen-bond acceptors (Lipinski definition) is 1. The molecule has 0 aliphatic carbocycles. The monoisotopic (exact) mass is 315 g/mol. The lowest BCUT2D eigenvalue weighted by atomic mass is 9.72. The second-order valence-electron chi connectivity index (χ2n) is 9.52. The number of hydrogen-bond donors (Lipinski definition) is 0. The third-order valence-corrected chi connectivity index (χ3v) is 4.96. The van der Waals surface area contributed by atoms with E-state index in [0.29, 0.717) is 18.0 Å². The van der Waals surface area contributed by atoms with Crippen molar-refractivity contribution in [2.45, 2.75) is 73.4 Å². The van der Waals surface area contributed by atoms with Gasteiger partial charge in [-0.15, -0.1) is 0 Å². The molecule has 0 radical (unpaired) electrons. The van der Waals surface area contributed by atoms with Gasteiger partial charge in [0.05, 0.1) is 7.05 Å². The van der Waals surface area contributed by atoms with Crippen molar-refractivity contribution < 1.29 is 4.58 Å². The number of nitrogens with zero attached hydrogens (tertiary/aromatic N) is 2. The minimum Gasteiger partial charge on any atom is -0.263 e. The average molecular weight is 316 g/mol. The Morgan fingerprint density at radius 1 is 0.957 bits per heavy atom. The lowest BCUT2D eigenvalue weighted by Gasteiger charge is -2.39. The Balaban J connectivity index is 2.59. The lowest BCUT2D eigenvalue weighted by Crippen LogP contribution is -2.52. The summed E-state index contributed by atoms with van der Waals surface area (Å²) in [5.41, 5.74) is 3.22. The van der Waals surface area contributed by atoms with E-state index in [1.54, 1.807) is 0 Å². The summed E-state index contributed by atoms with van der Waals surface area (Å²) in [6.07, 6.45) is 2.33. The molecule has 0 saturated heterocycles. The van der Waals surface area contributed by atoms with Crippen molar-refractivity contribution in [3.8, 4) is 0 Å². The molecule has 0 unspecified atom stereocenters. The van der Waals surface area contributed by atoms with Crippen LogP contribution in [0, 0.1) is 10.8 Å². The Morgan fingerprint density at radius 2 is 1.52 bits per heavy atom. The minimum absolute atomic E-state index is 0.198. The number of anilines is 1. The minimum atomic E-state index is 0.198. The van der Waals surface area contributed by atoms with Gasteiger partial charge >= 0.3 is 0 Å². The van der Waals surface area contributed by atoms with Crippen molar-refractivity contribution in [1.29, 1.82) is 0 Å². The summed E-state index contributed by atoms with van der Waals surface area (Å²) in [6.45, 7) is 18.8. The molecule has 0 fully saturated rings. The first kappa shape index (κ1) is 18.0. The van der Waals surface area contributed by atoms with Gasteiger partial charge in [-0.2, -0.15) is 0 Å². The quantitative estimate of drug-likeness (QED) is 0.686. The fourth-order valence-electron chi connectivity index (χ4n) is 4.11. The Bertz CT molecular complexity index is 585. The van der Waals surface area contributed by atoms with E-state index in [1.165, 1.54) is 11.3 Å². The molecule has 0 bridgehead atoms. The standard InChI is InChI=1S/C21H35N2/c1-15(2)16-12-10-11-13-17(16)23-14-22(9)18(20(3,4)5)19(23)21(6,7)8/h10-15,18-19H,1-9H3/q+1/t18-,19-/m1/s1. The number of likely N-dealkylation sites (N-methyl/N-ethyl adjacent to an activating group) is 1. The summed E-state index contributed by atoms with van der Waals surface area (Å²) < 4.78 is 2.42. The van der Waals surface area contributed by atoms with Crippen LogP contribution < -0.4 is 4.90 Å². The van der Waals surface area contributed by atoms with Crippen LogP contribution in [0.2, 0.25) is 0 Å². The van der Waals surface area contributed by atoms with Crippen LogP contribution in [0.15, 0.2) is 24.3 Å². The molecule has 2 atom stereocenters. The van der Waals surface area contributed by atoms with Crippen LogP contribution in [-0.4, -0.2) is 30.0 Å². The van der Waals surface area contributed by atoms with Gasteiger partial charge in [-0.25, -0.2) is 4.90 Å². The van der Waals surface area contributed by atoms with E-state index < -0.39 is 0 Å². The third-order valence-electron chi connectivity index (χ3n) is 4.96. The largest absolute Gasteiger partial charge is 0.263 e. The van der Waals surface area contributed by atoms with E-state index in [9.17, 15) is 0 Å². The normalized spacial score (nSPS) is 22.7. The molecule has 2 nitrogen and oxygen atoms in total. The van der Waals surface area contributed by atoms with Crippen LogP contribution in [0.3, 0.4) is 0 Å². The van der Waals surface area contributed by atoms with Crippen LogP contribution >= 0.6 is 0 Å². The van der Waals surface area contributed by atoms with Crippen LogP contribution in [0.4, 0.5) is 5.69 Å². The molecule has 0 saturated carbocycles. The van der Waals surface area contributed by atoms with Gasteiger partial charge in [0.1, 0.15) is 17.8 Å². The van der Waals surface area contributed by atoms with Crippen molar-refractivity contribution in [3.63, 3.8) is 0 Å². The summed E-state index contributed by atoms with van der Waals surface area (Å²) in [6, 6.07) is 9.82. The van der Waals surface area contributed by atoms with E-state index in [1.807, 2.05) is 0 Å². The highest BCUT2D eigenvalue weighted by Gasteiger charge is 2.53. The zero-order valence-corrected chi connectivity index (χ0v) is 16.5. The van der Waals surface area contributed by atoms with E-state index in [2.05, 4.69) is 103 Å². The van der Waals surface area contributed by atoms with E-state index in [-0.39, 0.29) is 10.8 Å². The maximum atomic E-state index is 2.53. The van der Waals surface area contributed by atoms with E-state index in [4.69, 9.17) is 0 Å². The van der Waals surface area contributed by atoms with Gasteiger partial charge in [-0.05, 0) is 12.0 Å². The van der Waals surface area contributed by atoms with Gasteiger partial charge in [-0.3, -0.25) is 4.58 Å². The SMILES string of the molecule is CC(C)c1ccccc1N1C=[N+](C)[C@@H](C(C)(C)C)[C@@H]1C(C)(C)C. The summed E-state index contributed by atoms with van der Waals surface area (Å²) in [5, 5.41) is 0. The van der Waals surface area contributed by atoms with Crippen LogP contribution in [0.25, 0.3) is 0 Å². The third kappa shape index (κ3) is 3.46. The molecule has 1 aromatic carbocycles. The molecule has 23 heavy (non-hydrogen) atoms. The molecular formula is C21H35N2+. The molecule has 0 N–H and O–H groups in total. The number of para-hydroxylation sites is 1. The summed E-state index contributed by atoms with van der Waals surface area (Å²) in [5.74, 6) is 0.527. The van der Waals surface area contributed by atoms with Gasteiger partial charge in [0, 0.05) is 16.4 Å². The summed E-state index contributed by atoms with van der Waals surface area (Å²) in [7, 11) is 2.23. The maximum absolute atomic E-state index is 2.53. The number of rotatable bonds is 2. The highest BCUT2D eigenvalue weighted by Crippen LogP contribution is 2.42. The smallest absolute Gasteiger partial charge is 0.239 e. The Kier molecular flexibility index (Phi) is 4.67. The van der Waals surface area contributed by atoms with Gasteiger partial charge < -0.3 is 0 Å². The van der Waals surface area contributed by atoms with Gasteiger partial charge in [0.15, 0.2) is 0 Å². The molecule has 0 aromatic heterocycles. The lowest BCUT2D eigenvalue weighted by molar-refractivity contribution is -0.546. The second kappa shape index (κ2) is 5.96. The molecule has 0 spiro atoms.